The molecule has 3 nitrogen and oxygen atoms in total. The van der Waals surface area contributed by atoms with Crippen molar-refractivity contribution >= 4 is 12.1 Å². The Balaban J connectivity index is 2.09. The van der Waals surface area contributed by atoms with Gasteiger partial charge in [-0.2, -0.15) is 0 Å². The van der Waals surface area contributed by atoms with E-state index in [1.807, 2.05) is 0 Å². The highest BCUT2D eigenvalue weighted by molar-refractivity contribution is 7.95. The van der Waals surface area contributed by atoms with Crippen LogP contribution in [-0.4, -0.2) is 13.1 Å². The molecule has 12 heavy (non-hydrogen) atoms. The third-order valence-corrected chi connectivity index (χ3v) is 3.09. The molecular formula is C8H19N3S. The van der Waals surface area contributed by atoms with Gasteiger partial charge >= 0.3 is 0 Å². The Bertz CT molecular complexity index is 113. The Morgan fingerprint density at radius 3 is 2.25 bits per heavy atom. The Morgan fingerprint density at radius 2 is 1.75 bits per heavy atom. The molecule has 0 amide bonds. The van der Waals surface area contributed by atoms with Crippen LogP contribution in [0.4, 0.5) is 0 Å². The van der Waals surface area contributed by atoms with Crippen molar-refractivity contribution in [1.29, 1.82) is 0 Å². The van der Waals surface area contributed by atoms with Crippen molar-refractivity contribution in [2.45, 2.75) is 25.7 Å². The second kappa shape index (κ2) is 5.80. The lowest BCUT2D eigenvalue weighted by Crippen LogP contribution is -2.26. The van der Waals surface area contributed by atoms with Crippen molar-refractivity contribution in [3.05, 3.63) is 0 Å². The maximum Gasteiger partial charge on any atom is 0.00988 e. The van der Waals surface area contributed by atoms with Crippen molar-refractivity contribution in [1.82, 2.24) is 4.72 Å². The van der Waals surface area contributed by atoms with Crippen molar-refractivity contribution < 1.29 is 0 Å². The molecule has 1 fully saturated rings. The first-order valence-corrected chi connectivity index (χ1v) is 5.53. The van der Waals surface area contributed by atoms with Crippen LogP contribution in [0.3, 0.4) is 0 Å². The van der Waals surface area contributed by atoms with Gasteiger partial charge in [0.15, 0.2) is 0 Å². The van der Waals surface area contributed by atoms with Crippen LogP contribution in [-0.2, 0) is 0 Å². The summed E-state index contributed by atoms with van der Waals surface area (Å²) in [6, 6.07) is 0. The second-order valence-electron chi connectivity index (χ2n) is 3.59. The summed E-state index contributed by atoms with van der Waals surface area (Å²) in [5.41, 5.74) is 5.61. The quantitative estimate of drug-likeness (QED) is 0.574. The van der Waals surface area contributed by atoms with Gasteiger partial charge in [0, 0.05) is 18.7 Å². The first kappa shape index (κ1) is 10.3. The number of nitrogens with one attached hydrogen (secondary N) is 1. The molecule has 1 aliphatic carbocycles. The highest BCUT2D eigenvalue weighted by Crippen LogP contribution is 2.27. The average molecular weight is 189 g/mol. The van der Waals surface area contributed by atoms with E-state index in [-0.39, 0.29) is 0 Å². The lowest BCUT2D eigenvalue weighted by molar-refractivity contribution is 0.281. The zero-order valence-electron chi connectivity index (χ0n) is 7.46. The molecule has 0 aliphatic heterocycles. The second-order valence-corrected chi connectivity index (χ2v) is 4.11. The Kier molecular flexibility index (Phi) is 4.99. The van der Waals surface area contributed by atoms with Crippen LogP contribution in [0.25, 0.3) is 0 Å². The van der Waals surface area contributed by atoms with E-state index in [1.54, 1.807) is 0 Å². The van der Waals surface area contributed by atoms with Gasteiger partial charge < -0.3 is 5.73 Å². The standard InChI is InChI=1S/C8H19N3S/c9-5-7-1-3-8(4-2-7)6-11-12-10/h7-8,11H,1-6,9-10H2. The molecule has 0 heterocycles. The van der Waals surface area contributed by atoms with Crippen molar-refractivity contribution in [2.24, 2.45) is 22.7 Å². The minimum Gasteiger partial charge on any atom is -0.330 e. The van der Waals surface area contributed by atoms with Gasteiger partial charge in [-0.15, -0.1) is 0 Å². The molecule has 0 aromatic heterocycles. The zero-order chi connectivity index (χ0) is 8.81. The van der Waals surface area contributed by atoms with Crippen LogP contribution in [0.2, 0.25) is 0 Å². The van der Waals surface area contributed by atoms with Crippen LogP contribution in [0.5, 0.6) is 0 Å². The minimum absolute atomic E-state index is 0.784. The number of hydrogen-bond acceptors (Lipinski definition) is 4. The van der Waals surface area contributed by atoms with E-state index in [9.17, 15) is 0 Å². The highest BCUT2D eigenvalue weighted by atomic mass is 32.2. The van der Waals surface area contributed by atoms with Crippen molar-refractivity contribution in [3.8, 4) is 0 Å². The maximum absolute atomic E-state index is 5.61. The van der Waals surface area contributed by atoms with Gasteiger partial charge in [-0.1, -0.05) is 0 Å². The molecule has 1 saturated carbocycles. The van der Waals surface area contributed by atoms with Gasteiger partial charge in [0.1, 0.15) is 0 Å². The summed E-state index contributed by atoms with van der Waals surface area (Å²) in [6.07, 6.45) is 5.24. The molecule has 5 N–H and O–H groups in total. The normalized spacial score (nSPS) is 30.5. The van der Waals surface area contributed by atoms with Crippen LogP contribution in [0.1, 0.15) is 25.7 Å². The highest BCUT2D eigenvalue weighted by Gasteiger charge is 2.19. The molecular weight excluding hydrogens is 170 g/mol. The van der Waals surface area contributed by atoms with E-state index in [1.165, 1.54) is 37.8 Å². The molecule has 0 bridgehead atoms. The van der Waals surface area contributed by atoms with Gasteiger partial charge in [-0.3, -0.25) is 9.86 Å². The largest absolute Gasteiger partial charge is 0.330 e. The smallest absolute Gasteiger partial charge is 0.00988 e. The fraction of sp³-hybridized carbons (Fsp3) is 1.00. The van der Waals surface area contributed by atoms with Crippen LogP contribution in [0, 0.1) is 11.8 Å². The Hall–Kier alpha value is 0.230. The average Bonchev–Trinajstić information content (AvgIpc) is 2.15. The lowest BCUT2D eigenvalue weighted by atomic mass is 9.82. The fourth-order valence-corrected chi connectivity index (χ4v) is 2.17. The summed E-state index contributed by atoms with van der Waals surface area (Å²) in [5, 5.41) is 5.28. The molecule has 0 saturated heterocycles. The molecule has 1 rings (SSSR count). The monoisotopic (exact) mass is 189 g/mol. The minimum atomic E-state index is 0.784. The molecule has 0 atom stereocenters. The summed E-state index contributed by atoms with van der Waals surface area (Å²) in [7, 11) is 0. The first-order valence-electron chi connectivity index (χ1n) is 4.65. The molecule has 4 heteroatoms. The summed E-state index contributed by atoms with van der Waals surface area (Å²) >= 11 is 1.23. The molecule has 1 aliphatic rings. The fourth-order valence-electron chi connectivity index (χ4n) is 1.84. The number of nitrogens with two attached hydrogens (primary N) is 2. The zero-order valence-corrected chi connectivity index (χ0v) is 8.28. The van der Waals surface area contributed by atoms with E-state index in [2.05, 4.69) is 4.72 Å². The van der Waals surface area contributed by atoms with E-state index in [0.717, 1.165) is 24.9 Å². The van der Waals surface area contributed by atoms with Gasteiger partial charge in [-0.05, 0) is 44.1 Å². The lowest BCUT2D eigenvalue weighted by Gasteiger charge is -2.27. The van der Waals surface area contributed by atoms with E-state index in [4.69, 9.17) is 10.9 Å². The number of rotatable bonds is 4. The topological polar surface area (TPSA) is 64.1 Å². The van der Waals surface area contributed by atoms with Crippen LogP contribution < -0.4 is 15.6 Å². The van der Waals surface area contributed by atoms with Gasteiger partial charge in [0.05, 0.1) is 0 Å². The van der Waals surface area contributed by atoms with Crippen LogP contribution in [0.15, 0.2) is 0 Å². The SMILES string of the molecule is NCC1CCC(CNSN)CC1. The van der Waals surface area contributed by atoms with Gasteiger partial charge in [0.25, 0.3) is 0 Å². The maximum atomic E-state index is 5.61. The Labute approximate surface area is 78.9 Å². The van der Waals surface area contributed by atoms with E-state index in [0.29, 0.717) is 0 Å². The molecule has 0 spiro atoms. The van der Waals surface area contributed by atoms with Gasteiger partial charge in [0.2, 0.25) is 0 Å². The molecule has 0 radical (unpaired) electrons. The first-order chi connectivity index (χ1) is 5.86. The summed E-state index contributed by atoms with van der Waals surface area (Å²) in [6.45, 7) is 1.92. The van der Waals surface area contributed by atoms with Crippen LogP contribution >= 0.6 is 12.1 Å². The molecule has 0 unspecified atom stereocenters. The van der Waals surface area contributed by atoms with E-state index >= 15 is 0 Å². The third kappa shape index (κ3) is 3.31. The van der Waals surface area contributed by atoms with Crippen molar-refractivity contribution in [2.75, 3.05) is 13.1 Å². The third-order valence-electron chi connectivity index (χ3n) is 2.76. The summed E-state index contributed by atoms with van der Waals surface area (Å²) in [4.78, 5) is 0. The van der Waals surface area contributed by atoms with Gasteiger partial charge in [-0.25, -0.2) is 0 Å². The van der Waals surface area contributed by atoms with Crippen molar-refractivity contribution in [3.63, 3.8) is 0 Å². The number of hydrogen-bond donors (Lipinski definition) is 3. The molecule has 0 aromatic rings. The van der Waals surface area contributed by atoms with E-state index < -0.39 is 0 Å². The summed E-state index contributed by atoms with van der Waals surface area (Å²) in [5.74, 6) is 1.61. The molecule has 0 aromatic carbocycles. The molecule has 72 valence electrons. The Morgan fingerprint density at radius 1 is 1.17 bits per heavy atom. The predicted octanol–water partition coefficient (Wildman–Crippen LogP) is 0.863. The summed E-state index contributed by atoms with van der Waals surface area (Å²) < 4.78 is 3.11. The predicted molar refractivity (Wildman–Crippen MR) is 54.3 cm³/mol.